The molecule has 0 bridgehead atoms. The first kappa shape index (κ1) is 9.55. The van der Waals surface area contributed by atoms with Crippen LogP contribution < -0.4 is 0 Å². The smallest absolute Gasteiger partial charge is 0.0693 e. The summed E-state index contributed by atoms with van der Waals surface area (Å²) in [6, 6.07) is 7.90. The average Bonchev–Trinajstić information content (AvgIpc) is 2.03. The molecule has 0 N–H and O–H groups in total. The molecule has 0 aliphatic rings. The summed E-state index contributed by atoms with van der Waals surface area (Å²) >= 11 is 5.97. The Bertz CT molecular complexity index is 279. The maximum absolute atomic E-state index is 5.97. The minimum Gasteiger partial charge on any atom is -0.0960 e. The topological polar surface area (TPSA) is 0 Å². The van der Waals surface area contributed by atoms with Crippen LogP contribution in [0.2, 0.25) is 18.1 Å². The maximum Gasteiger partial charge on any atom is 0.0693 e. The summed E-state index contributed by atoms with van der Waals surface area (Å²) in [7, 11) is -0.288. The van der Waals surface area contributed by atoms with Gasteiger partial charge in [-0.1, -0.05) is 54.7 Å². The zero-order valence-corrected chi connectivity index (χ0v) is 9.10. The molecule has 0 aromatic heterocycles. The fraction of sp³-hybridized carbons (Fsp3) is 0.200. The molecule has 0 aliphatic carbocycles. The monoisotopic (exact) mass is 195 g/mol. The predicted octanol–water partition coefficient (Wildman–Crippen LogP) is 3.65. The lowest BCUT2D eigenvalue weighted by Gasteiger charge is -1.96. The fourth-order valence-corrected chi connectivity index (χ4v) is 1.58. The van der Waals surface area contributed by atoms with Gasteiger partial charge in [0, 0.05) is 5.02 Å². The maximum atomic E-state index is 5.97. The number of hydrogen-bond acceptors (Lipinski definition) is 0. The summed E-state index contributed by atoms with van der Waals surface area (Å²) in [6.45, 7) is 4.50. The van der Waals surface area contributed by atoms with Gasteiger partial charge in [0.05, 0.1) is 8.80 Å². The Labute approximate surface area is 80.5 Å². The van der Waals surface area contributed by atoms with E-state index in [0.717, 1.165) is 10.6 Å². The van der Waals surface area contributed by atoms with E-state index in [1.807, 2.05) is 24.3 Å². The summed E-state index contributed by atoms with van der Waals surface area (Å²) in [4.78, 5) is 0. The van der Waals surface area contributed by atoms with Gasteiger partial charge in [-0.2, -0.15) is 0 Å². The van der Waals surface area contributed by atoms with Crippen molar-refractivity contribution in [1.82, 2.24) is 0 Å². The van der Waals surface area contributed by atoms with Crippen LogP contribution in [0.4, 0.5) is 0 Å². The van der Waals surface area contributed by atoms with Crippen molar-refractivity contribution in [2.45, 2.75) is 13.1 Å². The van der Waals surface area contributed by atoms with Gasteiger partial charge in [-0.3, -0.25) is 0 Å². The van der Waals surface area contributed by atoms with E-state index >= 15 is 0 Å². The van der Waals surface area contributed by atoms with Crippen LogP contribution in [-0.4, -0.2) is 8.80 Å². The molecule has 0 unspecified atom stereocenters. The van der Waals surface area contributed by atoms with Gasteiger partial charge >= 0.3 is 0 Å². The first-order chi connectivity index (χ1) is 5.70. The summed E-state index contributed by atoms with van der Waals surface area (Å²) in [6.07, 6.45) is 2.11. The lowest BCUT2D eigenvalue weighted by Crippen LogP contribution is -1.91. The van der Waals surface area contributed by atoms with Gasteiger partial charge in [0.25, 0.3) is 0 Å². The number of hydrogen-bond donors (Lipinski definition) is 0. The first-order valence-corrected chi connectivity index (χ1v) is 6.88. The lowest BCUT2D eigenvalue weighted by molar-refractivity contribution is 1.66. The molecule has 0 aliphatic heterocycles. The molecule has 0 spiro atoms. The van der Waals surface area contributed by atoms with Crippen molar-refractivity contribution in [3.05, 3.63) is 40.6 Å². The highest BCUT2D eigenvalue weighted by molar-refractivity contribution is 6.62. The SMILES string of the molecule is C[Si](C)C=Cc1ccccc1Cl. The van der Waals surface area contributed by atoms with Gasteiger partial charge in [-0.15, -0.1) is 0 Å². The van der Waals surface area contributed by atoms with Gasteiger partial charge in [-0.05, 0) is 11.6 Å². The summed E-state index contributed by atoms with van der Waals surface area (Å²) < 4.78 is 0. The van der Waals surface area contributed by atoms with E-state index in [-0.39, 0.29) is 8.80 Å². The normalized spacial score (nSPS) is 11.3. The largest absolute Gasteiger partial charge is 0.0960 e. The molecule has 1 aromatic rings. The second-order valence-corrected chi connectivity index (χ2v) is 5.83. The molecular weight excluding hydrogens is 184 g/mol. The Morgan fingerprint density at radius 2 is 1.92 bits per heavy atom. The molecule has 0 saturated heterocycles. The second kappa shape index (κ2) is 4.48. The van der Waals surface area contributed by atoms with E-state index in [1.54, 1.807) is 0 Å². The zero-order chi connectivity index (χ0) is 8.97. The van der Waals surface area contributed by atoms with Crippen LogP contribution in [0.3, 0.4) is 0 Å². The van der Waals surface area contributed by atoms with Crippen LogP contribution in [0.5, 0.6) is 0 Å². The summed E-state index contributed by atoms with van der Waals surface area (Å²) in [5.74, 6) is 0. The average molecular weight is 196 g/mol. The molecule has 63 valence electrons. The highest BCUT2D eigenvalue weighted by Crippen LogP contribution is 2.16. The third-order valence-electron chi connectivity index (χ3n) is 1.50. The Morgan fingerprint density at radius 3 is 2.50 bits per heavy atom. The van der Waals surface area contributed by atoms with Crippen molar-refractivity contribution in [2.75, 3.05) is 0 Å². The first-order valence-electron chi connectivity index (χ1n) is 3.93. The van der Waals surface area contributed by atoms with Crippen LogP contribution in [0.1, 0.15) is 5.56 Å². The zero-order valence-electron chi connectivity index (χ0n) is 7.34. The minimum absolute atomic E-state index is 0.288. The van der Waals surface area contributed by atoms with Crippen LogP contribution in [-0.2, 0) is 0 Å². The molecule has 0 fully saturated rings. The van der Waals surface area contributed by atoms with E-state index in [4.69, 9.17) is 11.6 Å². The molecule has 1 rings (SSSR count). The Balaban J connectivity index is 2.82. The molecule has 1 aromatic carbocycles. The molecule has 0 saturated carbocycles. The van der Waals surface area contributed by atoms with E-state index in [1.165, 1.54) is 0 Å². The molecule has 12 heavy (non-hydrogen) atoms. The Morgan fingerprint density at radius 1 is 1.25 bits per heavy atom. The van der Waals surface area contributed by atoms with E-state index < -0.39 is 0 Å². The summed E-state index contributed by atoms with van der Waals surface area (Å²) in [5.41, 5.74) is 3.36. The molecular formula is C10H12ClSi. The van der Waals surface area contributed by atoms with Crippen molar-refractivity contribution < 1.29 is 0 Å². The standard InChI is InChI=1S/C10H12ClSi/c1-12(2)8-7-9-5-3-4-6-10(9)11/h3-8H,1-2H3. The van der Waals surface area contributed by atoms with Crippen molar-refractivity contribution in [3.63, 3.8) is 0 Å². The van der Waals surface area contributed by atoms with Crippen molar-refractivity contribution in [1.29, 1.82) is 0 Å². The number of benzene rings is 1. The van der Waals surface area contributed by atoms with Gasteiger partial charge < -0.3 is 0 Å². The van der Waals surface area contributed by atoms with Gasteiger partial charge in [0.2, 0.25) is 0 Å². The number of halogens is 1. The molecule has 0 heterocycles. The van der Waals surface area contributed by atoms with Crippen molar-refractivity contribution in [3.8, 4) is 0 Å². The van der Waals surface area contributed by atoms with E-state index in [0.29, 0.717) is 0 Å². The molecule has 0 nitrogen and oxygen atoms in total. The second-order valence-electron chi connectivity index (χ2n) is 2.93. The fourth-order valence-electron chi connectivity index (χ4n) is 0.867. The van der Waals surface area contributed by atoms with Crippen LogP contribution in [0.25, 0.3) is 6.08 Å². The molecule has 0 atom stereocenters. The van der Waals surface area contributed by atoms with E-state index in [2.05, 4.69) is 24.9 Å². The number of rotatable bonds is 2. The minimum atomic E-state index is -0.288. The highest BCUT2D eigenvalue weighted by atomic mass is 35.5. The van der Waals surface area contributed by atoms with Crippen molar-refractivity contribution in [2.24, 2.45) is 0 Å². The van der Waals surface area contributed by atoms with Gasteiger partial charge in [0.15, 0.2) is 0 Å². The predicted molar refractivity (Wildman–Crippen MR) is 58.0 cm³/mol. The third-order valence-corrected chi connectivity index (χ3v) is 2.68. The van der Waals surface area contributed by atoms with Gasteiger partial charge in [0.1, 0.15) is 0 Å². The lowest BCUT2D eigenvalue weighted by atomic mass is 10.2. The highest BCUT2D eigenvalue weighted by Gasteiger charge is 1.93. The van der Waals surface area contributed by atoms with Crippen LogP contribution in [0.15, 0.2) is 30.0 Å². The Hall–Kier alpha value is -0.533. The van der Waals surface area contributed by atoms with Crippen LogP contribution in [0, 0.1) is 0 Å². The quantitative estimate of drug-likeness (QED) is 0.633. The van der Waals surface area contributed by atoms with Crippen LogP contribution >= 0.6 is 11.6 Å². The van der Waals surface area contributed by atoms with Gasteiger partial charge in [-0.25, -0.2) is 0 Å². The third kappa shape index (κ3) is 2.84. The molecule has 1 radical (unpaired) electrons. The Kier molecular flexibility index (Phi) is 3.57. The van der Waals surface area contributed by atoms with E-state index in [9.17, 15) is 0 Å². The summed E-state index contributed by atoms with van der Waals surface area (Å²) in [5, 5.41) is 0.831. The molecule has 2 heteroatoms. The molecule has 0 amide bonds. The van der Waals surface area contributed by atoms with Crippen molar-refractivity contribution >= 4 is 26.5 Å².